The number of aryl methyl sites for hydroxylation is 1. The second kappa shape index (κ2) is 4.26. The van der Waals surface area contributed by atoms with E-state index in [4.69, 9.17) is 5.26 Å². The van der Waals surface area contributed by atoms with Gasteiger partial charge in [-0.05, 0) is 18.1 Å². The van der Waals surface area contributed by atoms with Gasteiger partial charge in [-0.2, -0.15) is 5.26 Å². The van der Waals surface area contributed by atoms with Gasteiger partial charge in [-0.25, -0.2) is 0 Å². The van der Waals surface area contributed by atoms with Gasteiger partial charge in [0.05, 0.1) is 5.56 Å². The second-order valence-corrected chi connectivity index (χ2v) is 3.94. The van der Waals surface area contributed by atoms with Crippen molar-refractivity contribution in [3.8, 4) is 17.2 Å². The molecule has 1 aromatic carbocycles. The minimum Gasteiger partial charge on any atom is -0.293 e. The van der Waals surface area contributed by atoms with Crippen LogP contribution in [0.1, 0.15) is 22.8 Å². The molecule has 0 saturated heterocycles. The van der Waals surface area contributed by atoms with Crippen molar-refractivity contribution in [3.05, 3.63) is 47.8 Å². The highest BCUT2D eigenvalue weighted by molar-refractivity contribution is 5.81. The molecule has 0 bridgehead atoms. The molecule has 1 aromatic heterocycles. The molecular weight excluding hydrogens is 212 g/mol. The van der Waals surface area contributed by atoms with Crippen LogP contribution in [0.4, 0.5) is 0 Å². The largest absolute Gasteiger partial charge is 0.293 e. The first-order chi connectivity index (χ1) is 8.13. The maximum absolute atomic E-state index is 11.3. The Balaban J connectivity index is 2.64. The Kier molecular flexibility index (Phi) is 2.80. The van der Waals surface area contributed by atoms with Crippen LogP contribution in [0.3, 0.4) is 0 Å². The zero-order valence-corrected chi connectivity index (χ0v) is 9.77. The van der Waals surface area contributed by atoms with Crippen LogP contribution in [-0.4, -0.2) is 10.5 Å². The average Bonchev–Trinajstić information content (AvgIpc) is 2.73. The summed E-state index contributed by atoms with van der Waals surface area (Å²) in [6.07, 6.45) is 3.29. The SMILES string of the molecule is CC(=O)n1cc(C#N)c(-c2ccccc2C)c1. The zero-order chi connectivity index (χ0) is 12.4. The van der Waals surface area contributed by atoms with Gasteiger partial charge < -0.3 is 0 Å². The monoisotopic (exact) mass is 224 g/mol. The third-order valence-electron chi connectivity index (χ3n) is 2.75. The van der Waals surface area contributed by atoms with Crippen molar-refractivity contribution >= 4 is 5.91 Å². The van der Waals surface area contributed by atoms with E-state index in [0.29, 0.717) is 5.56 Å². The molecule has 0 unspecified atom stereocenters. The van der Waals surface area contributed by atoms with Crippen LogP contribution in [0, 0.1) is 18.3 Å². The third-order valence-corrected chi connectivity index (χ3v) is 2.75. The van der Waals surface area contributed by atoms with Crippen molar-refractivity contribution in [3.63, 3.8) is 0 Å². The Hall–Kier alpha value is -2.34. The summed E-state index contributed by atoms with van der Waals surface area (Å²) in [7, 11) is 0. The molecule has 84 valence electrons. The molecule has 0 fully saturated rings. The Labute approximate surface area is 99.9 Å². The maximum Gasteiger partial charge on any atom is 0.227 e. The number of benzene rings is 1. The van der Waals surface area contributed by atoms with E-state index < -0.39 is 0 Å². The highest BCUT2D eigenvalue weighted by Crippen LogP contribution is 2.27. The average molecular weight is 224 g/mol. The predicted octanol–water partition coefficient (Wildman–Crippen LogP) is 3.00. The van der Waals surface area contributed by atoms with Crippen molar-refractivity contribution in [1.82, 2.24) is 4.57 Å². The van der Waals surface area contributed by atoms with E-state index in [2.05, 4.69) is 6.07 Å². The van der Waals surface area contributed by atoms with E-state index in [1.807, 2.05) is 31.2 Å². The van der Waals surface area contributed by atoms with Gasteiger partial charge >= 0.3 is 0 Å². The maximum atomic E-state index is 11.3. The van der Waals surface area contributed by atoms with Gasteiger partial charge in [0.25, 0.3) is 0 Å². The van der Waals surface area contributed by atoms with Crippen LogP contribution in [0.15, 0.2) is 36.7 Å². The van der Waals surface area contributed by atoms with Gasteiger partial charge in [0, 0.05) is 24.9 Å². The van der Waals surface area contributed by atoms with Crippen molar-refractivity contribution in [2.75, 3.05) is 0 Å². The van der Waals surface area contributed by atoms with Crippen molar-refractivity contribution in [2.45, 2.75) is 13.8 Å². The molecule has 0 saturated carbocycles. The van der Waals surface area contributed by atoms with E-state index in [0.717, 1.165) is 16.7 Å². The molecule has 0 N–H and O–H groups in total. The van der Waals surface area contributed by atoms with Crippen molar-refractivity contribution in [1.29, 1.82) is 5.26 Å². The number of carbonyl (C=O) groups excluding carboxylic acids is 1. The van der Waals surface area contributed by atoms with Gasteiger partial charge in [0.1, 0.15) is 6.07 Å². The Morgan fingerprint density at radius 3 is 2.53 bits per heavy atom. The standard InChI is InChI=1S/C14H12N2O/c1-10-5-3-4-6-13(10)14-9-16(11(2)17)8-12(14)7-15/h3-6,8-9H,1-2H3. The molecule has 0 aliphatic carbocycles. The topological polar surface area (TPSA) is 45.8 Å². The van der Waals surface area contributed by atoms with Gasteiger partial charge in [-0.15, -0.1) is 0 Å². The fourth-order valence-electron chi connectivity index (χ4n) is 1.82. The van der Waals surface area contributed by atoms with Gasteiger partial charge in [-0.3, -0.25) is 9.36 Å². The molecule has 2 rings (SSSR count). The molecule has 2 aromatic rings. The minimum absolute atomic E-state index is 0.0960. The molecule has 0 atom stereocenters. The van der Waals surface area contributed by atoms with E-state index in [1.165, 1.54) is 11.5 Å². The van der Waals surface area contributed by atoms with Crippen molar-refractivity contribution < 1.29 is 4.79 Å². The number of nitriles is 1. The lowest BCUT2D eigenvalue weighted by Crippen LogP contribution is -2.00. The summed E-state index contributed by atoms with van der Waals surface area (Å²) in [5.41, 5.74) is 3.41. The normalized spacial score (nSPS) is 9.94. The van der Waals surface area contributed by atoms with Crippen LogP contribution in [0.25, 0.3) is 11.1 Å². The molecule has 1 heterocycles. The Morgan fingerprint density at radius 1 is 1.24 bits per heavy atom. The molecule has 3 heteroatoms. The van der Waals surface area contributed by atoms with Gasteiger partial charge in [-0.1, -0.05) is 24.3 Å². The molecule has 17 heavy (non-hydrogen) atoms. The molecular formula is C14H12N2O. The van der Waals surface area contributed by atoms with Crippen LogP contribution in [-0.2, 0) is 0 Å². The summed E-state index contributed by atoms with van der Waals surface area (Å²) >= 11 is 0. The summed E-state index contributed by atoms with van der Waals surface area (Å²) < 4.78 is 1.44. The summed E-state index contributed by atoms with van der Waals surface area (Å²) in [4.78, 5) is 11.3. The van der Waals surface area contributed by atoms with Crippen LogP contribution in [0.5, 0.6) is 0 Å². The molecule has 3 nitrogen and oxygen atoms in total. The highest BCUT2D eigenvalue weighted by atomic mass is 16.1. The lowest BCUT2D eigenvalue weighted by Gasteiger charge is -2.03. The Bertz CT molecular complexity index is 617. The first-order valence-corrected chi connectivity index (χ1v) is 5.32. The number of rotatable bonds is 1. The van der Waals surface area contributed by atoms with Gasteiger partial charge in [0.15, 0.2) is 0 Å². The number of aromatic nitrogens is 1. The lowest BCUT2D eigenvalue weighted by atomic mass is 10.0. The Morgan fingerprint density at radius 2 is 1.94 bits per heavy atom. The fourth-order valence-corrected chi connectivity index (χ4v) is 1.82. The fraction of sp³-hybridized carbons (Fsp3) is 0.143. The zero-order valence-electron chi connectivity index (χ0n) is 9.77. The van der Waals surface area contributed by atoms with Crippen LogP contribution >= 0.6 is 0 Å². The summed E-state index contributed by atoms with van der Waals surface area (Å²) in [5, 5.41) is 9.09. The summed E-state index contributed by atoms with van der Waals surface area (Å²) in [6, 6.07) is 9.94. The smallest absolute Gasteiger partial charge is 0.227 e. The number of hydrogen-bond donors (Lipinski definition) is 0. The first kappa shape index (κ1) is 11.2. The number of nitrogens with zero attached hydrogens (tertiary/aromatic N) is 2. The predicted molar refractivity (Wildman–Crippen MR) is 65.6 cm³/mol. The molecule has 0 aliphatic heterocycles. The highest BCUT2D eigenvalue weighted by Gasteiger charge is 2.11. The van der Waals surface area contributed by atoms with E-state index in [1.54, 1.807) is 12.4 Å². The van der Waals surface area contributed by atoms with Gasteiger partial charge in [0.2, 0.25) is 5.91 Å². The third kappa shape index (κ3) is 1.98. The lowest BCUT2D eigenvalue weighted by molar-refractivity contribution is 0.0937. The van der Waals surface area contributed by atoms with Crippen molar-refractivity contribution in [2.24, 2.45) is 0 Å². The second-order valence-electron chi connectivity index (χ2n) is 3.94. The van der Waals surface area contributed by atoms with Crippen LogP contribution < -0.4 is 0 Å². The quantitative estimate of drug-likeness (QED) is 0.747. The first-order valence-electron chi connectivity index (χ1n) is 5.32. The summed E-state index contributed by atoms with van der Waals surface area (Å²) in [6.45, 7) is 3.46. The number of carbonyl (C=O) groups is 1. The van der Waals surface area contributed by atoms with E-state index in [9.17, 15) is 4.79 Å². The summed E-state index contributed by atoms with van der Waals surface area (Å²) in [5.74, 6) is -0.0960. The molecule has 0 spiro atoms. The van der Waals surface area contributed by atoms with Crippen LogP contribution in [0.2, 0.25) is 0 Å². The van der Waals surface area contributed by atoms with E-state index >= 15 is 0 Å². The molecule has 0 amide bonds. The molecule has 0 aliphatic rings. The van der Waals surface area contributed by atoms with E-state index in [-0.39, 0.29) is 5.91 Å². The minimum atomic E-state index is -0.0960. The number of hydrogen-bond acceptors (Lipinski definition) is 2. The molecule has 0 radical (unpaired) electrons.